The fraction of sp³-hybridized carbons (Fsp3) is 0.364. The highest BCUT2D eigenvalue weighted by Gasteiger charge is 2.24. The van der Waals surface area contributed by atoms with Crippen LogP contribution in [0.4, 0.5) is 4.39 Å². The number of hydrogen-bond acceptors (Lipinski definition) is 3. The van der Waals surface area contributed by atoms with E-state index in [4.69, 9.17) is 22.1 Å². The van der Waals surface area contributed by atoms with Gasteiger partial charge in [0.2, 0.25) is 0 Å². The molecule has 0 radical (unpaired) electrons. The zero-order chi connectivity index (χ0) is 12.0. The van der Waals surface area contributed by atoms with Gasteiger partial charge in [-0.25, -0.2) is 9.37 Å². The molecular formula is C11H11ClFN3O. The van der Waals surface area contributed by atoms with Crippen molar-refractivity contribution < 1.29 is 9.13 Å². The van der Waals surface area contributed by atoms with E-state index in [9.17, 15) is 4.39 Å². The first kappa shape index (κ1) is 11.0. The van der Waals surface area contributed by atoms with Gasteiger partial charge in [-0.2, -0.15) is 0 Å². The smallest absolute Gasteiger partial charge is 0.167 e. The maximum Gasteiger partial charge on any atom is 0.167 e. The van der Waals surface area contributed by atoms with E-state index in [1.54, 1.807) is 0 Å². The zero-order valence-corrected chi connectivity index (χ0v) is 9.75. The van der Waals surface area contributed by atoms with Gasteiger partial charge in [-0.3, -0.25) is 0 Å². The molecule has 2 aromatic heterocycles. The Kier molecular flexibility index (Phi) is 2.54. The molecule has 1 saturated heterocycles. The van der Waals surface area contributed by atoms with Crippen LogP contribution in [0.3, 0.4) is 0 Å². The van der Waals surface area contributed by atoms with Crippen LogP contribution in [0.25, 0.3) is 11.0 Å². The largest absolute Gasteiger partial charge is 0.377 e. The molecule has 2 aromatic rings. The molecule has 0 saturated carbocycles. The molecule has 0 unspecified atom stereocenters. The lowest BCUT2D eigenvalue weighted by Gasteiger charge is -2.27. The van der Waals surface area contributed by atoms with Gasteiger partial charge in [-0.15, -0.1) is 0 Å². The molecule has 3 heterocycles. The molecule has 17 heavy (non-hydrogen) atoms. The number of aromatic nitrogens is 2. The maximum atomic E-state index is 13.4. The number of nitrogens with two attached hydrogens (primary N) is 1. The zero-order valence-electron chi connectivity index (χ0n) is 8.99. The first-order valence-corrected chi connectivity index (χ1v) is 5.71. The Labute approximate surface area is 102 Å². The number of fused-ring (bicyclic) bond motifs is 1. The summed E-state index contributed by atoms with van der Waals surface area (Å²) < 4.78 is 20.5. The van der Waals surface area contributed by atoms with Crippen LogP contribution in [0.2, 0.25) is 5.15 Å². The highest BCUT2D eigenvalue weighted by molar-refractivity contribution is 6.29. The predicted molar refractivity (Wildman–Crippen MR) is 62.4 cm³/mol. The third-order valence-electron chi connectivity index (χ3n) is 3.03. The van der Waals surface area contributed by atoms with E-state index < -0.39 is 5.82 Å². The summed E-state index contributed by atoms with van der Waals surface area (Å²) in [6.45, 7) is 1.63. The molecule has 2 N–H and O–H groups in total. The number of pyridine rings is 1. The van der Waals surface area contributed by atoms with Crippen molar-refractivity contribution in [1.29, 1.82) is 0 Å². The fourth-order valence-electron chi connectivity index (χ4n) is 2.01. The Morgan fingerprint density at radius 1 is 1.59 bits per heavy atom. The first-order chi connectivity index (χ1) is 8.20. The highest BCUT2D eigenvalue weighted by Crippen LogP contribution is 2.29. The number of halogens is 2. The maximum absolute atomic E-state index is 13.4. The minimum atomic E-state index is -0.517. The molecule has 0 amide bonds. The summed E-state index contributed by atoms with van der Waals surface area (Å²) in [7, 11) is 0. The van der Waals surface area contributed by atoms with Gasteiger partial charge in [0, 0.05) is 18.1 Å². The van der Waals surface area contributed by atoms with Crippen molar-refractivity contribution in [3.63, 3.8) is 0 Å². The molecule has 90 valence electrons. The van der Waals surface area contributed by atoms with Gasteiger partial charge in [-0.05, 0) is 11.6 Å². The van der Waals surface area contributed by atoms with E-state index in [0.29, 0.717) is 25.4 Å². The van der Waals surface area contributed by atoms with Gasteiger partial charge in [-0.1, -0.05) is 11.6 Å². The van der Waals surface area contributed by atoms with Crippen LogP contribution < -0.4 is 5.73 Å². The summed E-state index contributed by atoms with van der Waals surface area (Å²) in [5.41, 5.74) is 7.19. The van der Waals surface area contributed by atoms with Gasteiger partial charge in [0.15, 0.2) is 11.0 Å². The third kappa shape index (κ3) is 1.62. The van der Waals surface area contributed by atoms with E-state index in [0.717, 1.165) is 10.9 Å². The van der Waals surface area contributed by atoms with Crippen LogP contribution in [0.15, 0.2) is 12.3 Å². The van der Waals surface area contributed by atoms with Crippen LogP contribution in [0.1, 0.15) is 11.6 Å². The Morgan fingerprint density at radius 3 is 2.94 bits per heavy atom. The van der Waals surface area contributed by atoms with Crippen LogP contribution >= 0.6 is 11.6 Å². The third-order valence-corrected chi connectivity index (χ3v) is 3.30. The summed E-state index contributed by atoms with van der Waals surface area (Å²) in [5, 5.41) is 0.613. The molecule has 3 rings (SSSR count). The Morgan fingerprint density at radius 2 is 2.35 bits per heavy atom. The highest BCUT2D eigenvalue weighted by atomic mass is 35.5. The van der Waals surface area contributed by atoms with E-state index in [-0.39, 0.29) is 11.2 Å². The van der Waals surface area contributed by atoms with E-state index >= 15 is 0 Å². The Balaban J connectivity index is 2.25. The van der Waals surface area contributed by atoms with Crippen molar-refractivity contribution in [2.24, 2.45) is 5.73 Å². The molecule has 1 fully saturated rings. The van der Waals surface area contributed by atoms with Crippen molar-refractivity contribution >= 4 is 22.6 Å². The fourth-order valence-corrected chi connectivity index (χ4v) is 2.15. The summed E-state index contributed by atoms with van der Waals surface area (Å²) in [6.07, 6.45) is 1.90. The second kappa shape index (κ2) is 3.94. The number of ether oxygens (including phenoxy) is 1. The standard InChI is InChI=1S/C11H11ClFN3O/c12-10-9(13)1-8-6(2-14)3-16(11(8)15-10)7-4-17-5-7/h1,3,7H,2,4-5,14H2. The van der Waals surface area contributed by atoms with Crippen LogP contribution in [-0.2, 0) is 11.3 Å². The second-order valence-electron chi connectivity index (χ2n) is 4.09. The average Bonchev–Trinajstić information content (AvgIpc) is 2.56. The van der Waals surface area contributed by atoms with Crippen molar-refractivity contribution in [3.05, 3.63) is 28.8 Å². The molecular weight excluding hydrogens is 245 g/mol. The van der Waals surface area contributed by atoms with E-state index in [1.807, 2.05) is 10.8 Å². The summed E-state index contributed by atoms with van der Waals surface area (Å²) in [6, 6.07) is 1.63. The number of hydrogen-bond donors (Lipinski definition) is 1. The number of nitrogens with zero attached hydrogens (tertiary/aromatic N) is 2. The molecule has 0 atom stereocenters. The van der Waals surface area contributed by atoms with E-state index in [2.05, 4.69) is 4.98 Å². The van der Waals surface area contributed by atoms with Crippen molar-refractivity contribution in [3.8, 4) is 0 Å². The van der Waals surface area contributed by atoms with Crippen molar-refractivity contribution in [1.82, 2.24) is 9.55 Å². The first-order valence-electron chi connectivity index (χ1n) is 5.34. The van der Waals surface area contributed by atoms with E-state index in [1.165, 1.54) is 6.07 Å². The van der Waals surface area contributed by atoms with Gasteiger partial charge >= 0.3 is 0 Å². The summed E-state index contributed by atoms with van der Waals surface area (Å²) in [5.74, 6) is -0.517. The molecule has 0 bridgehead atoms. The molecule has 0 aliphatic carbocycles. The lowest BCUT2D eigenvalue weighted by atomic mass is 10.2. The normalized spacial score (nSPS) is 16.4. The monoisotopic (exact) mass is 255 g/mol. The molecule has 1 aliphatic rings. The molecule has 1 aliphatic heterocycles. The molecule has 0 spiro atoms. The minimum Gasteiger partial charge on any atom is -0.377 e. The quantitative estimate of drug-likeness (QED) is 0.834. The van der Waals surface area contributed by atoms with Gasteiger partial charge in [0.05, 0.1) is 19.3 Å². The second-order valence-corrected chi connectivity index (χ2v) is 4.45. The minimum absolute atomic E-state index is 0.110. The summed E-state index contributed by atoms with van der Waals surface area (Å²) >= 11 is 5.72. The molecule has 0 aromatic carbocycles. The summed E-state index contributed by atoms with van der Waals surface area (Å²) in [4.78, 5) is 4.09. The topological polar surface area (TPSA) is 53.1 Å². The Hall–Kier alpha value is -1.17. The number of rotatable bonds is 2. The SMILES string of the molecule is NCc1cn(C2COC2)c2nc(Cl)c(F)cc12. The van der Waals surface area contributed by atoms with Crippen LogP contribution in [-0.4, -0.2) is 22.8 Å². The lowest BCUT2D eigenvalue weighted by Crippen LogP contribution is -2.30. The Bertz CT molecular complexity index is 580. The van der Waals surface area contributed by atoms with Crippen LogP contribution in [0, 0.1) is 5.82 Å². The molecule has 6 heteroatoms. The van der Waals surface area contributed by atoms with Gasteiger partial charge in [0.25, 0.3) is 0 Å². The van der Waals surface area contributed by atoms with Gasteiger partial charge in [0.1, 0.15) is 5.65 Å². The molecule has 4 nitrogen and oxygen atoms in total. The van der Waals surface area contributed by atoms with Gasteiger partial charge < -0.3 is 15.0 Å². The van der Waals surface area contributed by atoms with Crippen molar-refractivity contribution in [2.75, 3.05) is 13.2 Å². The van der Waals surface area contributed by atoms with Crippen molar-refractivity contribution in [2.45, 2.75) is 12.6 Å². The lowest BCUT2D eigenvalue weighted by molar-refractivity contribution is -0.0216. The average molecular weight is 256 g/mol. The van der Waals surface area contributed by atoms with Crippen LogP contribution in [0.5, 0.6) is 0 Å². The predicted octanol–water partition coefficient (Wildman–Crippen LogP) is 1.86.